The minimum Gasteiger partial charge on any atom is -0.356 e. The SMILES string of the molecule is Cc1cccc2ncc(C(CC(=O)NCCC(C)C)c3cccc(F)c3)n12. The molecule has 5 heteroatoms. The minimum absolute atomic E-state index is 0.0338. The summed E-state index contributed by atoms with van der Waals surface area (Å²) in [6.07, 6.45) is 2.98. The molecule has 1 unspecified atom stereocenters. The van der Waals surface area contributed by atoms with Gasteiger partial charge in [-0.1, -0.05) is 32.0 Å². The van der Waals surface area contributed by atoms with Crippen LogP contribution in [-0.2, 0) is 4.79 Å². The first-order valence-corrected chi connectivity index (χ1v) is 9.41. The number of carbonyl (C=O) groups excluding carboxylic acids is 1. The molecule has 4 nitrogen and oxygen atoms in total. The fourth-order valence-corrected chi connectivity index (χ4v) is 3.35. The number of aromatic nitrogens is 2. The molecule has 3 rings (SSSR count). The number of carbonyl (C=O) groups is 1. The van der Waals surface area contributed by atoms with E-state index in [1.165, 1.54) is 12.1 Å². The number of pyridine rings is 1. The van der Waals surface area contributed by atoms with Crippen LogP contribution in [0.25, 0.3) is 5.65 Å². The molecule has 3 aromatic rings. The number of nitrogens with one attached hydrogen (secondary N) is 1. The largest absolute Gasteiger partial charge is 0.356 e. The average molecular weight is 367 g/mol. The van der Waals surface area contributed by atoms with Crippen LogP contribution < -0.4 is 5.32 Å². The Hall–Kier alpha value is -2.69. The lowest BCUT2D eigenvalue weighted by molar-refractivity contribution is -0.121. The van der Waals surface area contributed by atoms with Crippen LogP contribution in [0, 0.1) is 18.7 Å². The third-order valence-electron chi connectivity index (χ3n) is 4.79. The van der Waals surface area contributed by atoms with E-state index in [2.05, 4.69) is 24.1 Å². The molecule has 0 bridgehead atoms. The van der Waals surface area contributed by atoms with Crippen LogP contribution in [0.2, 0.25) is 0 Å². The summed E-state index contributed by atoms with van der Waals surface area (Å²) < 4.78 is 15.9. The van der Waals surface area contributed by atoms with Crippen LogP contribution in [0.15, 0.2) is 48.7 Å². The van der Waals surface area contributed by atoms with Crippen LogP contribution in [0.1, 0.15) is 49.6 Å². The highest BCUT2D eigenvalue weighted by Gasteiger charge is 2.22. The molecular weight excluding hydrogens is 341 g/mol. The monoisotopic (exact) mass is 367 g/mol. The standard InChI is InChI=1S/C22H26FN3O/c1-15(2)10-11-24-22(27)13-19(17-7-5-8-18(23)12-17)20-14-25-21-9-4-6-16(3)26(20)21/h4-9,12,14-15,19H,10-11,13H2,1-3H3,(H,24,27). The second kappa shape index (κ2) is 8.33. The maximum absolute atomic E-state index is 13.9. The van der Waals surface area contributed by atoms with Gasteiger partial charge in [0.05, 0.1) is 5.69 Å². The topological polar surface area (TPSA) is 46.4 Å². The Kier molecular flexibility index (Phi) is 5.89. The second-order valence-corrected chi connectivity index (χ2v) is 7.39. The van der Waals surface area contributed by atoms with Crippen molar-refractivity contribution in [2.45, 2.75) is 39.5 Å². The van der Waals surface area contributed by atoms with Crippen molar-refractivity contribution in [2.75, 3.05) is 6.54 Å². The number of amides is 1. The first kappa shape index (κ1) is 19.1. The highest BCUT2D eigenvalue weighted by atomic mass is 19.1. The van der Waals surface area contributed by atoms with Crippen molar-refractivity contribution in [3.63, 3.8) is 0 Å². The maximum Gasteiger partial charge on any atom is 0.221 e. The Morgan fingerprint density at radius 2 is 2.00 bits per heavy atom. The van der Waals surface area contributed by atoms with Crippen molar-refractivity contribution in [2.24, 2.45) is 5.92 Å². The van der Waals surface area contributed by atoms with Crippen LogP contribution in [0.5, 0.6) is 0 Å². The van der Waals surface area contributed by atoms with Gasteiger partial charge >= 0.3 is 0 Å². The predicted molar refractivity (Wildman–Crippen MR) is 105 cm³/mol. The molecule has 0 spiro atoms. The quantitative estimate of drug-likeness (QED) is 0.670. The van der Waals surface area contributed by atoms with Gasteiger partial charge in [0.1, 0.15) is 11.5 Å². The van der Waals surface area contributed by atoms with E-state index in [9.17, 15) is 9.18 Å². The number of hydrogen-bond donors (Lipinski definition) is 1. The summed E-state index contributed by atoms with van der Waals surface area (Å²) in [5, 5.41) is 2.99. The molecule has 0 aliphatic heterocycles. The normalized spacial score (nSPS) is 12.5. The molecule has 0 saturated carbocycles. The Morgan fingerprint density at radius 3 is 2.74 bits per heavy atom. The molecule has 2 aromatic heterocycles. The summed E-state index contributed by atoms with van der Waals surface area (Å²) in [5.74, 6) is -0.0710. The molecule has 1 amide bonds. The lowest BCUT2D eigenvalue weighted by Gasteiger charge is -2.18. The van der Waals surface area contributed by atoms with E-state index in [1.54, 1.807) is 12.3 Å². The molecule has 1 N–H and O–H groups in total. The van der Waals surface area contributed by atoms with Gasteiger partial charge in [0.25, 0.3) is 0 Å². The number of fused-ring (bicyclic) bond motifs is 1. The van der Waals surface area contributed by atoms with Crippen LogP contribution >= 0.6 is 0 Å². The first-order chi connectivity index (χ1) is 13.0. The summed E-state index contributed by atoms with van der Waals surface area (Å²) in [7, 11) is 0. The van der Waals surface area contributed by atoms with E-state index in [-0.39, 0.29) is 24.1 Å². The number of benzene rings is 1. The summed E-state index contributed by atoms with van der Waals surface area (Å²) in [4.78, 5) is 17.1. The minimum atomic E-state index is -0.303. The van der Waals surface area contributed by atoms with Crippen molar-refractivity contribution in [1.82, 2.24) is 14.7 Å². The van der Waals surface area contributed by atoms with Gasteiger partial charge in [0, 0.05) is 30.8 Å². The van der Waals surface area contributed by atoms with E-state index >= 15 is 0 Å². The number of aryl methyl sites for hydroxylation is 1. The fraction of sp³-hybridized carbons (Fsp3) is 0.364. The summed E-state index contributed by atoms with van der Waals surface area (Å²) in [5.41, 5.74) is 3.53. The molecule has 0 radical (unpaired) electrons. The third kappa shape index (κ3) is 4.54. The Bertz CT molecular complexity index is 932. The van der Waals surface area contributed by atoms with Crippen LogP contribution in [0.3, 0.4) is 0 Å². The second-order valence-electron chi connectivity index (χ2n) is 7.39. The average Bonchev–Trinajstić information content (AvgIpc) is 3.04. The molecule has 1 atom stereocenters. The molecule has 0 fully saturated rings. The summed E-state index contributed by atoms with van der Waals surface area (Å²) >= 11 is 0. The van der Waals surface area contributed by atoms with E-state index in [1.807, 2.05) is 35.6 Å². The van der Waals surface area contributed by atoms with Crippen molar-refractivity contribution in [3.8, 4) is 0 Å². The molecule has 0 aliphatic carbocycles. The Morgan fingerprint density at radius 1 is 1.22 bits per heavy atom. The lowest BCUT2D eigenvalue weighted by atomic mass is 9.92. The predicted octanol–water partition coefficient (Wildman–Crippen LogP) is 4.47. The van der Waals surface area contributed by atoms with E-state index < -0.39 is 0 Å². The van der Waals surface area contributed by atoms with E-state index in [0.717, 1.165) is 29.0 Å². The molecular formula is C22H26FN3O. The summed E-state index contributed by atoms with van der Waals surface area (Å²) in [6, 6.07) is 12.4. The summed E-state index contributed by atoms with van der Waals surface area (Å²) in [6.45, 7) is 6.91. The van der Waals surface area contributed by atoms with E-state index in [4.69, 9.17) is 0 Å². The molecule has 142 valence electrons. The van der Waals surface area contributed by atoms with Crippen LogP contribution in [0.4, 0.5) is 4.39 Å². The zero-order valence-electron chi connectivity index (χ0n) is 16.1. The number of imidazole rings is 1. The van der Waals surface area contributed by atoms with Gasteiger partial charge in [-0.15, -0.1) is 0 Å². The smallest absolute Gasteiger partial charge is 0.221 e. The molecule has 0 saturated heterocycles. The van der Waals surface area contributed by atoms with Crippen molar-refractivity contribution in [1.29, 1.82) is 0 Å². The Labute approximate surface area is 159 Å². The van der Waals surface area contributed by atoms with Gasteiger partial charge < -0.3 is 9.72 Å². The third-order valence-corrected chi connectivity index (χ3v) is 4.79. The van der Waals surface area contributed by atoms with Crippen molar-refractivity contribution >= 4 is 11.6 Å². The van der Waals surface area contributed by atoms with Crippen molar-refractivity contribution in [3.05, 3.63) is 71.4 Å². The molecule has 0 aliphatic rings. The Balaban J connectivity index is 1.94. The fourth-order valence-electron chi connectivity index (χ4n) is 3.35. The van der Waals surface area contributed by atoms with Gasteiger partial charge in [-0.05, 0) is 49.1 Å². The van der Waals surface area contributed by atoms with Gasteiger partial charge in [-0.25, -0.2) is 9.37 Å². The number of nitrogens with zero attached hydrogens (tertiary/aromatic N) is 2. The number of hydrogen-bond acceptors (Lipinski definition) is 2. The maximum atomic E-state index is 13.9. The van der Waals surface area contributed by atoms with Gasteiger partial charge in [0.15, 0.2) is 0 Å². The van der Waals surface area contributed by atoms with Crippen LogP contribution in [-0.4, -0.2) is 21.8 Å². The zero-order chi connectivity index (χ0) is 19.4. The molecule has 2 heterocycles. The van der Waals surface area contributed by atoms with Gasteiger partial charge in [-0.2, -0.15) is 0 Å². The zero-order valence-corrected chi connectivity index (χ0v) is 16.1. The number of rotatable bonds is 7. The first-order valence-electron chi connectivity index (χ1n) is 9.41. The lowest BCUT2D eigenvalue weighted by Crippen LogP contribution is -2.27. The highest BCUT2D eigenvalue weighted by Crippen LogP contribution is 2.30. The van der Waals surface area contributed by atoms with Gasteiger partial charge in [0.2, 0.25) is 5.91 Å². The number of halogens is 1. The van der Waals surface area contributed by atoms with E-state index in [0.29, 0.717) is 12.5 Å². The molecule has 1 aromatic carbocycles. The molecule has 27 heavy (non-hydrogen) atoms. The van der Waals surface area contributed by atoms with Gasteiger partial charge in [-0.3, -0.25) is 4.79 Å². The van der Waals surface area contributed by atoms with Crippen molar-refractivity contribution < 1.29 is 9.18 Å². The highest BCUT2D eigenvalue weighted by molar-refractivity contribution is 5.77.